The molecule has 0 radical (unpaired) electrons. The van der Waals surface area contributed by atoms with Gasteiger partial charge in [0.05, 0.1) is 0 Å². The van der Waals surface area contributed by atoms with E-state index in [-0.39, 0.29) is 5.44 Å². The van der Waals surface area contributed by atoms with Crippen molar-refractivity contribution in [1.82, 2.24) is 4.98 Å². The first-order chi connectivity index (χ1) is 7.60. The Morgan fingerprint density at radius 3 is 2.50 bits per heavy atom. The van der Waals surface area contributed by atoms with Gasteiger partial charge in [0.2, 0.25) is 0 Å². The molecule has 0 amide bonds. The molecule has 1 N–H and O–H groups in total. The summed E-state index contributed by atoms with van der Waals surface area (Å²) in [5.74, 6) is 0. The van der Waals surface area contributed by atoms with Crippen LogP contribution in [0.5, 0.6) is 0 Å². The summed E-state index contributed by atoms with van der Waals surface area (Å²) in [5.41, 5.74) is 1.16. The lowest BCUT2D eigenvalue weighted by Gasteiger charge is -2.11. The van der Waals surface area contributed by atoms with E-state index in [4.69, 9.17) is 0 Å². The Kier molecular flexibility index (Phi) is 2.90. The minimum atomic E-state index is -3.54. The summed E-state index contributed by atoms with van der Waals surface area (Å²) in [4.78, 5) is 14.0. The van der Waals surface area contributed by atoms with Crippen LogP contribution in [0.25, 0.3) is 0 Å². The smallest absolute Gasteiger partial charge is 0.276 e. The van der Waals surface area contributed by atoms with Gasteiger partial charge in [-0.05, 0) is 36.8 Å². The minimum Gasteiger partial charge on any atom is -0.337 e. The molecule has 3 nitrogen and oxygen atoms in total. The third-order valence-corrected chi connectivity index (χ3v) is 4.18. The Morgan fingerprint density at radius 2 is 1.88 bits per heavy atom. The monoisotopic (exact) mass is 233 g/mol. The normalized spacial score (nSPS) is 14.4. The molecule has 1 unspecified atom stereocenters. The molecule has 0 fully saturated rings. The van der Waals surface area contributed by atoms with E-state index in [1.807, 2.05) is 13.0 Å². The highest BCUT2D eigenvalue weighted by molar-refractivity contribution is 7.73. The number of aryl methyl sites for hydroxylation is 1. The van der Waals surface area contributed by atoms with E-state index in [1.54, 1.807) is 42.6 Å². The van der Waals surface area contributed by atoms with Crippen molar-refractivity contribution in [2.75, 3.05) is 0 Å². The molecule has 16 heavy (non-hydrogen) atoms. The molecule has 82 valence electrons. The summed E-state index contributed by atoms with van der Waals surface area (Å²) in [6, 6.07) is 12.0. The van der Waals surface area contributed by atoms with Crippen LogP contribution in [-0.4, -0.2) is 9.88 Å². The maximum absolute atomic E-state index is 12.3. The van der Waals surface area contributed by atoms with Gasteiger partial charge in [-0.3, -0.25) is 9.55 Å². The van der Waals surface area contributed by atoms with E-state index in [0.29, 0.717) is 5.30 Å². The van der Waals surface area contributed by atoms with E-state index in [2.05, 4.69) is 4.98 Å². The molecule has 0 spiro atoms. The third-order valence-electron chi connectivity index (χ3n) is 2.32. The van der Waals surface area contributed by atoms with Gasteiger partial charge in [0.1, 0.15) is 5.44 Å². The van der Waals surface area contributed by atoms with Gasteiger partial charge < -0.3 is 4.89 Å². The van der Waals surface area contributed by atoms with Gasteiger partial charge >= 0.3 is 0 Å². The summed E-state index contributed by atoms with van der Waals surface area (Å²) in [7, 11) is -3.54. The van der Waals surface area contributed by atoms with E-state index in [0.717, 1.165) is 5.56 Å². The molecule has 0 saturated heterocycles. The number of aromatic nitrogens is 1. The summed E-state index contributed by atoms with van der Waals surface area (Å²) in [6.45, 7) is 1.87. The van der Waals surface area contributed by atoms with Crippen molar-refractivity contribution in [3.8, 4) is 0 Å². The Morgan fingerprint density at radius 1 is 1.19 bits per heavy atom. The fourth-order valence-electron chi connectivity index (χ4n) is 1.45. The lowest BCUT2D eigenvalue weighted by atomic mass is 10.3. The molecule has 0 bridgehead atoms. The summed E-state index contributed by atoms with van der Waals surface area (Å²) in [6.07, 6.45) is 1.55. The van der Waals surface area contributed by atoms with Gasteiger partial charge in [0.25, 0.3) is 7.37 Å². The maximum Gasteiger partial charge on any atom is 0.276 e. The lowest BCUT2D eigenvalue weighted by molar-refractivity contribution is 0.500. The second-order valence-electron chi connectivity index (χ2n) is 3.60. The predicted molar refractivity (Wildman–Crippen MR) is 64.5 cm³/mol. The van der Waals surface area contributed by atoms with Crippen LogP contribution < -0.4 is 10.7 Å². The number of rotatable bonds is 2. The molecule has 1 atom stereocenters. The zero-order chi connectivity index (χ0) is 11.6. The summed E-state index contributed by atoms with van der Waals surface area (Å²) in [5, 5.41) is 0.410. The van der Waals surface area contributed by atoms with Crippen molar-refractivity contribution < 1.29 is 9.46 Å². The number of benzene rings is 1. The highest BCUT2D eigenvalue weighted by atomic mass is 31.2. The van der Waals surface area contributed by atoms with Crippen LogP contribution in [-0.2, 0) is 4.57 Å². The average molecular weight is 233 g/mol. The molecule has 4 heteroatoms. The largest absolute Gasteiger partial charge is 0.337 e. The van der Waals surface area contributed by atoms with Gasteiger partial charge in [0, 0.05) is 11.5 Å². The van der Waals surface area contributed by atoms with Crippen molar-refractivity contribution in [1.29, 1.82) is 0 Å². The quantitative estimate of drug-likeness (QED) is 0.802. The number of hydrogen-bond acceptors (Lipinski definition) is 2. The van der Waals surface area contributed by atoms with Gasteiger partial charge in [0.15, 0.2) is 0 Å². The Balaban J connectivity index is 2.51. The maximum atomic E-state index is 12.3. The van der Waals surface area contributed by atoms with E-state index >= 15 is 0 Å². The van der Waals surface area contributed by atoms with Gasteiger partial charge in [-0.15, -0.1) is 0 Å². The predicted octanol–water partition coefficient (Wildman–Crippen LogP) is 1.61. The van der Waals surface area contributed by atoms with Crippen LogP contribution in [0.4, 0.5) is 0 Å². The molecular formula is C12H12NO2P. The van der Waals surface area contributed by atoms with Crippen molar-refractivity contribution in [2.24, 2.45) is 0 Å². The van der Waals surface area contributed by atoms with Gasteiger partial charge in [-0.2, -0.15) is 0 Å². The molecule has 0 saturated carbocycles. The van der Waals surface area contributed by atoms with Crippen LogP contribution >= 0.6 is 7.37 Å². The summed E-state index contributed by atoms with van der Waals surface area (Å²) < 4.78 is 12.3. The van der Waals surface area contributed by atoms with Crippen LogP contribution in [0.3, 0.4) is 0 Å². The Labute approximate surface area is 94.2 Å². The molecular weight excluding hydrogens is 221 g/mol. The zero-order valence-electron chi connectivity index (χ0n) is 8.87. The Hall–Kier alpha value is -1.44. The first-order valence-corrected chi connectivity index (χ1v) is 6.58. The number of nitrogens with zero attached hydrogens (tertiary/aromatic N) is 1. The SMILES string of the molecule is Cc1ccnc(P(=O)(O)c2ccccc2)c1. The van der Waals surface area contributed by atoms with Crippen molar-refractivity contribution in [2.45, 2.75) is 6.92 Å². The average Bonchev–Trinajstić information content (AvgIpc) is 2.30. The zero-order valence-corrected chi connectivity index (χ0v) is 9.76. The van der Waals surface area contributed by atoms with Crippen LogP contribution in [0.15, 0.2) is 48.7 Å². The number of pyridine rings is 1. The molecule has 1 aromatic heterocycles. The van der Waals surface area contributed by atoms with Crippen molar-refractivity contribution in [3.05, 3.63) is 54.2 Å². The Bertz CT molecular complexity index is 540. The molecule has 0 aliphatic carbocycles. The van der Waals surface area contributed by atoms with E-state index in [9.17, 15) is 9.46 Å². The van der Waals surface area contributed by atoms with E-state index in [1.165, 1.54) is 0 Å². The highest BCUT2D eigenvalue weighted by Gasteiger charge is 2.25. The fraction of sp³-hybridized carbons (Fsp3) is 0.0833. The van der Waals surface area contributed by atoms with Gasteiger partial charge in [-0.25, -0.2) is 0 Å². The van der Waals surface area contributed by atoms with E-state index < -0.39 is 7.37 Å². The topological polar surface area (TPSA) is 50.2 Å². The first-order valence-electron chi connectivity index (χ1n) is 4.92. The molecule has 2 rings (SSSR count). The molecule has 1 aromatic carbocycles. The van der Waals surface area contributed by atoms with Crippen LogP contribution in [0, 0.1) is 6.92 Å². The highest BCUT2D eigenvalue weighted by Crippen LogP contribution is 2.36. The fourth-order valence-corrected chi connectivity index (χ4v) is 2.89. The van der Waals surface area contributed by atoms with Crippen molar-refractivity contribution in [3.63, 3.8) is 0 Å². The minimum absolute atomic E-state index is 0.235. The van der Waals surface area contributed by atoms with Crippen molar-refractivity contribution >= 4 is 18.1 Å². The second-order valence-corrected chi connectivity index (χ2v) is 5.73. The standard InChI is InChI=1S/C12H12NO2P/c1-10-7-8-13-12(9-10)16(14,15)11-5-3-2-4-6-11/h2-9H,1H3,(H,14,15). The number of hydrogen-bond donors (Lipinski definition) is 1. The molecule has 0 aliphatic heterocycles. The first kappa shape index (κ1) is 11.1. The summed E-state index contributed by atoms with van der Waals surface area (Å²) >= 11 is 0. The third kappa shape index (κ3) is 2.06. The molecule has 0 aliphatic rings. The van der Waals surface area contributed by atoms with Crippen LogP contribution in [0.1, 0.15) is 5.56 Å². The molecule has 1 heterocycles. The second kappa shape index (κ2) is 4.20. The molecule has 2 aromatic rings. The lowest BCUT2D eigenvalue weighted by Crippen LogP contribution is -2.18. The van der Waals surface area contributed by atoms with Crippen LogP contribution in [0.2, 0.25) is 0 Å². The van der Waals surface area contributed by atoms with Gasteiger partial charge in [-0.1, -0.05) is 18.2 Å².